The SMILES string of the molecule is CS(=O)(=O)CCCOc1ccc(-c2ccc(F)c(COc3cc4c(cn3)[C@@H]3C[C@@H]3C4)c2)c(C(F)(F)F)c1.O=CO. The predicted molar refractivity (Wildman–Crippen MR) is 138 cm³/mol. The monoisotopic (exact) mass is 581 g/mol. The lowest BCUT2D eigenvalue weighted by atomic mass is 9.97. The molecule has 0 unspecified atom stereocenters. The third kappa shape index (κ3) is 7.29. The largest absolute Gasteiger partial charge is 0.494 e. The van der Waals surface area contributed by atoms with E-state index >= 15 is 0 Å². The van der Waals surface area contributed by atoms with Gasteiger partial charge >= 0.3 is 6.18 Å². The summed E-state index contributed by atoms with van der Waals surface area (Å²) in [6.07, 6.45) is 0.528. The summed E-state index contributed by atoms with van der Waals surface area (Å²) in [7, 11) is -3.19. The van der Waals surface area contributed by atoms with Gasteiger partial charge in [-0.2, -0.15) is 13.2 Å². The highest BCUT2D eigenvalue weighted by molar-refractivity contribution is 7.90. The van der Waals surface area contributed by atoms with E-state index in [0.29, 0.717) is 17.7 Å². The molecule has 0 bridgehead atoms. The van der Waals surface area contributed by atoms with E-state index in [9.17, 15) is 26.0 Å². The van der Waals surface area contributed by atoms with Crippen LogP contribution < -0.4 is 9.47 Å². The minimum atomic E-state index is -4.69. The van der Waals surface area contributed by atoms with Crippen molar-refractivity contribution in [3.8, 4) is 22.8 Å². The number of carbonyl (C=O) groups is 1. The van der Waals surface area contributed by atoms with Gasteiger partial charge in [0.1, 0.15) is 28.0 Å². The van der Waals surface area contributed by atoms with Crippen LogP contribution in [0.25, 0.3) is 11.1 Å². The van der Waals surface area contributed by atoms with Crippen LogP contribution in [0.15, 0.2) is 48.7 Å². The van der Waals surface area contributed by atoms with Gasteiger partial charge in [-0.3, -0.25) is 4.79 Å². The van der Waals surface area contributed by atoms with Crippen molar-refractivity contribution in [1.29, 1.82) is 0 Å². The number of halogens is 4. The summed E-state index contributed by atoms with van der Waals surface area (Å²) < 4.78 is 89.7. The molecule has 214 valence electrons. The Morgan fingerprint density at radius 1 is 1.12 bits per heavy atom. The molecule has 3 aromatic rings. The molecule has 7 nitrogen and oxygen atoms in total. The number of ether oxygens (including phenoxy) is 2. The summed E-state index contributed by atoms with van der Waals surface area (Å²) in [6, 6.07) is 9.12. The van der Waals surface area contributed by atoms with Gasteiger partial charge in [0.25, 0.3) is 6.47 Å². The van der Waals surface area contributed by atoms with Crippen LogP contribution in [-0.2, 0) is 33.8 Å². The number of rotatable bonds is 9. The number of carboxylic acid groups (broad SMARTS) is 1. The van der Waals surface area contributed by atoms with E-state index in [-0.39, 0.29) is 54.3 Å². The van der Waals surface area contributed by atoms with E-state index < -0.39 is 27.4 Å². The molecule has 12 heteroatoms. The molecule has 0 amide bonds. The quantitative estimate of drug-likeness (QED) is 0.198. The normalized spacial score (nSPS) is 17.2. The summed E-state index contributed by atoms with van der Waals surface area (Å²) in [5.74, 6) is 0.894. The van der Waals surface area contributed by atoms with Crippen molar-refractivity contribution in [3.05, 3.63) is 76.7 Å². The van der Waals surface area contributed by atoms with E-state index in [1.54, 1.807) is 6.20 Å². The van der Waals surface area contributed by atoms with Crippen LogP contribution >= 0.6 is 0 Å². The van der Waals surface area contributed by atoms with Crippen molar-refractivity contribution in [2.24, 2.45) is 5.92 Å². The Kier molecular flexibility index (Phi) is 8.67. The molecule has 1 heterocycles. The van der Waals surface area contributed by atoms with Crippen LogP contribution in [0.1, 0.15) is 41.0 Å². The molecule has 0 spiro atoms. The summed E-state index contributed by atoms with van der Waals surface area (Å²) in [6.45, 7) is -0.471. The van der Waals surface area contributed by atoms with Crippen molar-refractivity contribution >= 4 is 16.3 Å². The smallest absolute Gasteiger partial charge is 0.417 e. The lowest BCUT2D eigenvalue weighted by Gasteiger charge is -2.16. The Labute approximate surface area is 228 Å². The van der Waals surface area contributed by atoms with Crippen molar-refractivity contribution in [2.75, 3.05) is 18.6 Å². The Bertz CT molecular complexity index is 1490. The van der Waals surface area contributed by atoms with E-state index in [4.69, 9.17) is 19.4 Å². The minimum absolute atomic E-state index is 0.0319. The minimum Gasteiger partial charge on any atom is -0.494 e. The molecule has 2 atom stereocenters. The first kappa shape index (κ1) is 29.3. The predicted octanol–water partition coefficient (Wildman–Crippen LogP) is 5.66. The zero-order valence-corrected chi connectivity index (χ0v) is 22.3. The van der Waals surface area contributed by atoms with Gasteiger partial charge in [0.15, 0.2) is 0 Å². The molecule has 1 N–H and O–H groups in total. The number of alkyl halides is 3. The van der Waals surface area contributed by atoms with Gasteiger partial charge in [-0.15, -0.1) is 0 Å². The van der Waals surface area contributed by atoms with Crippen LogP contribution in [0, 0.1) is 11.7 Å². The third-order valence-electron chi connectivity index (χ3n) is 6.76. The standard InChI is InChI=1S/C27H25F4NO4S.CH2O2/c1-37(33,34)8-2-7-35-20-4-5-21(24(13-20)27(29,30)31)16-3-6-25(28)19(9-16)15-36-26-12-18-10-17-11-22(17)23(18)14-32-26;2-1-3/h3-6,9,12-14,17,22H,2,7-8,10-11,15H2,1H3;1H,(H,2,3)/t17-,22+;/m0./s1. The second kappa shape index (κ2) is 11.8. The van der Waals surface area contributed by atoms with Crippen LogP contribution in [0.4, 0.5) is 17.6 Å². The highest BCUT2D eigenvalue weighted by atomic mass is 32.2. The molecule has 1 aromatic heterocycles. The number of hydrogen-bond donors (Lipinski definition) is 1. The van der Waals surface area contributed by atoms with Gasteiger partial charge in [0.2, 0.25) is 5.88 Å². The molecule has 2 aliphatic rings. The average Bonchev–Trinajstić information content (AvgIpc) is 3.56. The number of benzene rings is 2. The Hall–Kier alpha value is -3.67. The number of sulfone groups is 1. The number of fused-ring (bicyclic) bond motifs is 3. The maximum atomic E-state index is 14.5. The lowest BCUT2D eigenvalue weighted by molar-refractivity contribution is -0.137. The van der Waals surface area contributed by atoms with Gasteiger partial charge in [0.05, 0.1) is 17.9 Å². The molecule has 2 aromatic carbocycles. The summed E-state index contributed by atoms with van der Waals surface area (Å²) in [5, 5.41) is 6.89. The zero-order chi connectivity index (χ0) is 29.1. The summed E-state index contributed by atoms with van der Waals surface area (Å²) >= 11 is 0. The number of nitrogens with zero attached hydrogens (tertiary/aromatic N) is 1. The topological polar surface area (TPSA) is 103 Å². The molecule has 0 aliphatic heterocycles. The maximum absolute atomic E-state index is 14.5. The maximum Gasteiger partial charge on any atom is 0.417 e. The van der Waals surface area contributed by atoms with Gasteiger partial charge in [-0.05, 0) is 77.6 Å². The van der Waals surface area contributed by atoms with Crippen LogP contribution in [0.5, 0.6) is 11.6 Å². The van der Waals surface area contributed by atoms with E-state index in [1.807, 2.05) is 6.07 Å². The van der Waals surface area contributed by atoms with Crippen LogP contribution in [0.2, 0.25) is 0 Å². The van der Waals surface area contributed by atoms with Crippen LogP contribution in [0.3, 0.4) is 0 Å². The zero-order valence-electron chi connectivity index (χ0n) is 21.4. The first-order chi connectivity index (χ1) is 18.9. The fraction of sp³-hybridized carbons (Fsp3) is 0.357. The molecule has 5 rings (SSSR count). The van der Waals surface area contributed by atoms with E-state index in [2.05, 4.69) is 4.98 Å². The lowest BCUT2D eigenvalue weighted by Crippen LogP contribution is -2.10. The molecular formula is C28H27F4NO6S. The number of hydrogen-bond acceptors (Lipinski definition) is 6. The Balaban J connectivity index is 0.00000118. The second-order valence-corrected chi connectivity index (χ2v) is 12.0. The average molecular weight is 582 g/mol. The van der Waals surface area contributed by atoms with E-state index in [1.165, 1.54) is 41.8 Å². The first-order valence-corrected chi connectivity index (χ1v) is 14.5. The van der Waals surface area contributed by atoms with Crippen LogP contribution in [-0.4, -0.2) is 43.6 Å². The van der Waals surface area contributed by atoms with Gasteiger partial charge in [0, 0.05) is 24.1 Å². The van der Waals surface area contributed by atoms with Crippen molar-refractivity contribution in [3.63, 3.8) is 0 Å². The fourth-order valence-electron chi connectivity index (χ4n) is 4.83. The summed E-state index contributed by atoms with van der Waals surface area (Å²) in [5.41, 5.74) is 1.65. The summed E-state index contributed by atoms with van der Waals surface area (Å²) in [4.78, 5) is 12.7. The fourth-order valence-corrected chi connectivity index (χ4v) is 5.47. The van der Waals surface area contributed by atoms with E-state index in [0.717, 1.165) is 24.8 Å². The molecule has 1 saturated carbocycles. The molecular weight excluding hydrogens is 554 g/mol. The Morgan fingerprint density at radius 2 is 1.88 bits per heavy atom. The first-order valence-electron chi connectivity index (χ1n) is 12.4. The molecule has 40 heavy (non-hydrogen) atoms. The van der Waals surface area contributed by atoms with Crippen molar-refractivity contribution in [1.82, 2.24) is 4.98 Å². The number of pyridine rings is 1. The molecule has 0 saturated heterocycles. The highest BCUT2D eigenvalue weighted by Crippen LogP contribution is 2.56. The third-order valence-corrected chi connectivity index (χ3v) is 7.79. The molecule has 2 aliphatic carbocycles. The van der Waals surface area contributed by atoms with Crippen molar-refractivity contribution < 1.29 is 45.4 Å². The van der Waals surface area contributed by atoms with Gasteiger partial charge in [-0.25, -0.2) is 17.8 Å². The van der Waals surface area contributed by atoms with Gasteiger partial charge < -0.3 is 14.6 Å². The van der Waals surface area contributed by atoms with Gasteiger partial charge in [-0.1, -0.05) is 12.1 Å². The molecule has 1 fully saturated rings. The molecule has 0 radical (unpaired) electrons. The number of aromatic nitrogens is 1. The Morgan fingerprint density at radius 3 is 2.58 bits per heavy atom. The second-order valence-electron chi connectivity index (χ2n) is 9.77. The highest BCUT2D eigenvalue weighted by Gasteiger charge is 2.45. The van der Waals surface area contributed by atoms with Crippen molar-refractivity contribution in [2.45, 2.75) is 38.0 Å².